The number of rotatable bonds is 3. The Hall–Kier alpha value is -0.340. The van der Waals surface area contributed by atoms with Crippen molar-refractivity contribution in [1.82, 2.24) is 0 Å². The Morgan fingerprint density at radius 2 is 1.63 bits per heavy atom. The van der Waals surface area contributed by atoms with Crippen LogP contribution < -0.4 is 0 Å². The Bertz CT molecular complexity index is 398. The normalized spacial score (nSPS) is 54.4. The molecule has 0 spiro atoms. The van der Waals surface area contributed by atoms with Crippen molar-refractivity contribution in [3.8, 4) is 0 Å². The van der Waals surface area contributed by atoms with Gasteiger partial charge >= 0.3 is 0 Å². The van der Waals surface area contributed by atoms with E-state index in [1.165, 1.54) is 19.3 Å². The van der Waals surface area contributed by atoms with Gasteiger partial charge in [-0.25, -0.2) is 0 Å². The molecule has 2 nitrogen and oxygen atoms in total. The molecule has 7 atom stereocenters. The van der Waals surface area contributed by atoms with Gasteiger partial charge in [-0.15, -0.1) is 0 Å². The zero-order valence-electron chi connectivity index (χ0n) is 11.5. The lowest BCUT2D eigenvalue weighted by atomic mass is 9.68. The minimum absolute atomic E-state index is 0.120. The zero-order chi connectivity index (χ0) is 12.4. The van der Waals surface area contributed by atoms with Gasteiger partial charge < -0.3 is 9.47 Å². The van der Waals surface area contributed by atoms with E-state index in [0.717, 1.165) is 61.1 Å². The number of hydrogen-bond donors (Lipinski definition) is 0. The first-order valence-electron chi connectivity index (χ1n) is 8.31. The molecule has 5 aliphatic rings. The highest BCUT2D eigenvalue weighted by Gasteiger charge is 2.60. The maximum absolute atomic E-state index is 5.60. The summed E-state index contributed by atoms with van der Waals surface area (Å²) in [6.07, 6.45) is 12.2. The van der Waals surface area contributed by atoms with Crippen LogP contribution in [0.3, 0.4) is 0 Å². The van der Waals surface area contributed by atoms with E-state index in [9.17, 15) is 0 Å². The largest absolute Gasteiger partial charge is 0.350 e. The molecule has 4 fully saturated rings. The molecule has 2 heteroatoms. The van der Waals surface area contributed by atoms with E-state index in [-0.39, 0.29) is 6.29 Å². The third-order valence-corrected chi connectivity index (χ3v) is 6.87. The van der Waals surface area contributed by atoms with Crippen LogP contribution in [0.5, 0.6) is 0 Å². The molecule has 0 aromatic rings. The van der Waals surface area contributed by atoms with E-state index in [4.69, 9.17) is 9.47 Å². The molecule has 104 valence electrons. The lowest BCUT2D eigenvalue weighted by Gasteiger charge is -2.37. The molecule has 0 amide bonds. The highest BCUT2D eigenvalue weighted by Crippen LogP contribution is 2.67. The van der Waals surface area contributed by atoms with Gasteiger partial charge in [0.15, 0.2) is 6.29 Å². The van der Waals surface area contributed by atoms with E-state index < -0.39 is 0 Å². The van der Waals surface area contributed by atoms with Crippen molar-refractivity contribution in [3.63, 3.8) is 0 Å². The second-order valence-corrected chi connectivity index (χ2v) is 7.51. The van der Waals surface area contributed by atoms with E-state index in [1.54, 1.807) is 6.42 Å². The Labute approximate surface area is 115 Å². The minimum atomic E-state index is 0.120. The first-order chi connectivity index (χ1) is 9.40. The quantitative estimate of drug-likeness (QED) is 0.573. The minimum Gasteiger partial charge on any atom is -0.350 e. The van der Waals surface area contributed by atoms with E-state index in [0.29, 0.717) is 0 Å². The van der Waals surface area contributed by atoms with Gasteiger partial charge in [0.2, 0.25) is 0 Å². The van der Waals surface area contributed by atoms with Crippen molar-refractivity contribution in [2.24, 2.45) is 41.4 Å². The fourth-order valence-corrected chi connectivity index (χ4v) is 6.41. The summed E-state index contributed by atoms with van der Waals surface area (Å²) in [5.74, 6) is 7.13. The first kappa shape index (κ1) is 11.3. The van der Waals surface area contributed by atoms with E-state index >= 15 is 0 Å². The predicted octanol–water partition coefficient (Wildman–Crippen LogP) is 3.23. The average Bonchev–Trinajstić information content (AvgIpc) is 3.18. The number of ether oxygens (including phenoxy) is 2. The Morgan fingerprint density at radius 3 is 2.47 bits per heavy atom. The molecule has 4 aliphatic carbocycles. The third-order valence-electron chi connectivity index (χ3n) is 6.87. The van der Waals surface area contributed by atoms with Crippen molar-refractivity contribution >= 4 is 0 Å². The molecule has 1 saturated heterocycles. The van der Waals surface area contributed by atoms with Gasteiger partial charge in [0.05, 0.1) is 13.2 Å². The standard InChI is InChI=1S/C17H24O2/c1-2-12-8-11(1)16-13-7-10(14(9-13)17(12)16)3-4-15-18-5-6-19-15/h1-2,10-17H,3-9H2. The van der Waals surface area contributed by atoms with Gasteiger partial charge in [-0.1, -0.05) is 12.2 Å². The molecule has 1 heterocycles. The van der Waals surface area contributed by atoms with Gasteiger partial charge in [0.25, 0.3) is 0 Å². The third kappa shape index (κ3) is 1.56. The molecule has 7 unspecified atom stereocenters. The Kier molecular flexibility index (Phi) is 2.43. The molecule has 0 aromatic heterocycles. The van der Waals surface area contributed by atoms with Crippen LogP contribution >= 0.6 is 0 Å². The van der Waals surface area contributed by atoms with Crippen LogP contribution in [0.1, 0.15) is 32.1 Å². The van der Waals surface area contributed by atoms with Crippen molar-refractivity contribution < 1.29 is 9.47 Å². The molecule has 0 radical (unpaired) electrons. The fraction of sp³-hybridized carbons (Fsp3) is 0.882. The van der Waals surface area contributed by atoms with E-state index in [2.05, 4.69) is 12.2 Å². The van der Waals surface area contributed by atoms with Crippen LogP contribution in [0.2, 0.25) is 0 Å². The second kappa shape index (κ2) is 4.08. The topological polar surface area (TPSA) is 18.5 Å². The monoisotopic (exact) mass is 260 g/mol. The summed E-state index contributed by atoms with van der Waals surface area (Å²) in [6.45, 7) is 1.61. The fourth-order valence-electron chi connectivity index (χ4n) is 6.41. The van der Waals surface area contributed by atoms with Gasteiger partial charge in [-0.3, -0.25) is 0 Å². The molecule has 1 aliphatic heterocycles. The lowest BCUT2D eigenvalue weighted by Crippen LogP contribution is -2.31. The lowest BCUT2D eigenvalue weighted by molar-refractivity contribution is -0.0527. The number of fused-ring (bicyclic) bond motifs is 9. The number of hydrogen-bond acceptors (Lipinski definition) is 2. The average molecular weight is 260 g/mol. The summed E-state index contributed by atoms with van der Waals surface area (Å²) in [5, 5.41) is 0. The van der Waals surface area contributed by atoms with Crippen molar-refractivity contribution in [2.45, 2.75) is 38.4 Å². The van der Waals surface area contributed by atoms with Crippen LogP contribution in [-0.2, 0) is 9.47 Å². The molecular weight excluding hydrogens is 236 g/mol. The van der Waals surface area contributed by atoms with Crippen molar-refractivity contribution in [2.75, 3.05) is 13.2 Å². The molecule has 4 bridgehead atoms. The first-order valence-corrected chi connectivity index (χ1v) is 8.31. The summed E-state index contributed by atoms with van der Waals surface area (Å²) in [4.78, 5) is 0. The SMILES string of the molecule is C1=CC2CC1C1C3CC(CCC4OCCO4)C(C3)C21. The van der Waals surface area contributed by atoms with Gasteiger partial charge in [-0.2, -0.15) is 0 Å². The van der Waals surface area contributed by atoms with Crippen LogP contribution in [-0.4, -0.2) is 19.5 Å². The smallest absolute Gasteiger partial charge is 0.157 e. The predicted molar refractivity (Wildman–Crippen MR) is 72.3 cm³/mol. The van der Waals surface area contributed by atoms with Gasteiger partial charge in [-0.05, 0) is 73.5 Å². The maximum Gasteiger partial charge on any atom is 0.157 e. The molecule has 3 saturated carbocycles. The molecule has 5 rings (SSSR count). The Balaban J connectivity index is 1.27. The van der Waals surface area contributed by atoms with Gasteiger partial charge in [0.1, 0.15) is 0 Å². The molecule has 19 heavy (non-hydrogen) atoms. The Morgan fingerprint density at radius 1 is 0.842 bits per heavy atom. The van der Waals surface area contributed by atoms with Gasteiger partial charge in [0, 0.05) is 0 Å². The van der Waals surface area contributed by atoms with Crippen molar-refractivity contribution in [3.05, 3.63) is 12.2 Å². The highest BCUT2D eigenvalue weighted by molar-refractivity contribution is 5.20. The van der Waals surface area contributed by atoms with Crippen molar-refractivity contribution in [1.29, 1.82) is 0 Å². The zero-order valence-corrected chi connectivity index (χ0v) is 11.5. The van der Waals surface area contributed by atoms with Crippen LogP contribution in [0.25, 0.3) is 0 Å². The second-order valence-electron chi connectivity index (χ2n) is 7.51. The molecular formula is C17H24O2. The summed E-state index contributed by atoms with van der Waals surface area (Å²) in [5.41, 5.74) is 0. The highest BCUT2D eigenvalue weighted by atomic mass is 16.7. The summed E-state index contributed by atoms with van der Waals surface area (Å²) in [7, 11) is 0. The summed E-state index contributed by atoms with van der Waals surface area (Å²) < 4.78 is 11.2. The molecule has 0 N–H and O–H groups in total. The summed E-state index contributed by atoms with van der Waals surface area (Å²) in [6, 6.07) is 0. The summed E-state index contributed by atoms with van der Waals surface area (Å²) >= 11 is 0. The van der Waals surface area contributed by atoms with Crippen LogP contribution in [0.15, 0.2) is 12.2 Å². The molecule has 0 aromatic carbocycles. The number of allylic oxidation sites excluding steroid dienone is 2. The van der Waals surface area contributed by atoms with E-state index in [1.807, 2.05) is 0 Å². The maximum atomic E-state index is 5.60. The van der Waals surface area contributed by atoms with Crippen LogP contribution in [0, 0.1) is 41.4 Å². The van der Waals surface area contributed by atoms with Crippen LogP contribution in [0.4, 0.5) is 0 Å².